The molecular formula is C16H23N3O2. The highest BCUT2D eigenvalue weighted by atomic mass is 16.4. The Bertz CT molecular complexity index is 491. The van der Waals surface area contributed by atoms with Crippen LogP contribution in [-0.4, -0.2) is 17.0 Å². The standard InChI is InChI=1S/C16H23N3O2/c17-15(19-21)11-13-5-8-14(9-6-13)18-16(20)10-7-12-3-1-2-4-12/h5-6,8-9,12,21H,1-4,7,10-11H2,(H2,17,19)(H,18,20). The van der Waals surface area contributed by atoms with E-state index >= 15 is 0 Å². The Morgan fingerprint density at radius 2 is 1.95 bits per heavy atom. The summed E-state index contributed by atoms with van der Waals surface area (Å²) in [5, 5.41) is 14.4. The van der Waals surface area contributed by atoms with Gasteiger partial charge in [-0.2, -0.15) is 0 Å². The largest absolute Gasteiger partial charge is 0.409 e. The fourth-order valence-electron chi connectivity index (χ4n) is 2.81. The lowest BCUT2D eigenvalue weighted by Crippen LogP contribution is -2.15. The molecule has 1 aromatic rings. The first-order valence-electron chi connectivity index (χ1n) is 7.52. The summed E-state index contributed by atoms with van der Waals surface area (Å²) < 4.78 is 0. The number of nitrogens with two attached hydrogens (primary N) is 1. The minimum absolute atomic E-state index is 0.0751. The number of hydrogen-bond donors (Lipinski definition) is 3. The van der Waals surface area contributed by atoms with Crippen molar-refractivity contribution in [3.05, 3.63) is 29.8 Å². The lowest BCUT2D eigenvalue weighted by atomic mass is 10.0. The lowest BCUT2D eigenvalue weighted by molar-refractivity contribution is -0.116. The summed E-state index contributed by atoms with van der Waals surface area (Å²) in [5.41, 5.74) is 7.18. The minimum Gasteiger partial charge on any atom is -0.409 e. The van der Waals surface area contributed by atoms with E-state index in [-0.39, 0.29) is 11.7 Å². The molecule has 1 amide bonds. The molecule has 0 bridgehead atoms. The maximum Gasteiger partial charge on any atom is 0.224 e. The molecule has 114 valence electrons. The van der Waals surface area contributed by atoms with Crippen molar-refractivity contribution in [2.24, 2.45) is 16.8 Å². The summed E-state index contributed by atoms with van der Waals surface area (Å²) in [6.07, 6.45) is 7.16. The molecule has 2 rings (SSSR count). The Hall–Kier alpha value is -2.04. The summed E-state index contributed by atoms with van der Waals surface area (Å²) >= 11 is 0. The quantitative estimate of drug-likeness (QED) is 0.325. The Labute approximate surface area is 125 Å². The molecule has 0 aliphatic heterocycles. The normalized spacial score (nSPS) is 16.1. The fraction of sp³-hybridized carbons (Fsp3) is 0.500. The second kappa shape index (κ2) is 7.67. The van der Waals surface area contributed by atoms with Gasteiger partial charge < -0.3 is 16.3 Å². The van der Waals surface area contributed by atoms with E-state index in [9.17, 15) is 4.79 Å². The molecule has 0 aromatic heterocycles. The van der Waals surface area contributed by atoms with Crippen molar-refractivity contribution in [2.45, 2.75) is 44.9 Å². The molecule has 1 fully saturated rings. The van der Waals surface area contributed by atoms with Gasteiger partial charge in [0.15, 0.2) is 0 Å². The number of benzene rings is 1. The highest BCUT2D eigenvalue weighted by Crippen LogP contribution is 2.28. The number of carbonyl (C=O) groups excluding carboxylic acids is 1. The van der Waals surface area contributed by atoms with Gasteiger partial charge in [0.2, 0.25) is 5.91 Å². The van der Waals surface area contributed by atoms with Gasteiger partial charge in [-0.25, -0.2) is 0 Å². The van der Waals surface area contributed by atoms with Gasteiger partial charge in [-0.1, -0.05) is 43.0 Å². The van der Waals surface area contributed by atoms with Gasteiger partial charge >= 0.3 is 0 Å². The van der Waals surface area contributed by atoms with Crippen molar-refractivity contribution in [3.8, 4) is 0 Å². The van der Waals surface area contributed by atoms with Crippen molar-refractivity contribution in [1.29, 1.82) is 0 Å². The van der Waals surface area contributed by atoms with Gasteiger partial charge in [0, 0.05) is 18.5 Å². The molecule has 5 nitrogen and oxygen atoms in total. The van der Waals surface area contributed by atoms with E-state index in [0.29, 0.717) is 12.8 Å². The van der Waals surface area contributed by atoms with Crippen LogP contribution in [0.3, 0.4) is 0 Å². The number of carbonyl (C=O) groups is 1. The molecular weight excluding hydrogens is 266 g/mol. The zero-order chi connectivity index (χ0) is 15.1. The molecule has 0 heterocycles. The Morgan fingerprint density at radius 3 is 2.57 bits per heavy atom. The molecule has 0 unspecified atom stereocenters. The molecule has 21 heavy (non-hydrogen) atoms. The van der Waals surface area contributed by atoms with E-state index in [4.69, 9.17) is 10.9 Å². The van der Waals surface area contributed by atoms with Crippen molar-refractivity contribution in [1.82, 2.24) is 0 Å². The van der Waals surface area contributed by atoms with Crippen molar-refractivity contribution >= 4 is 17.4 Å². The van der Waals surface area contributed by atoms with Crippen LogP contribution in [0.15, 0.2) is 29.4 Å². The van der Waals surface area contributed by atoms with Crippen LogP contribution < -0.4 is 11.1 Å². The van der Waals surface area contributed by atoms with Crippen LogP contribution >= 0.6 is 0 Å². The summed E-state index contributed by atoms with van der Waals surface area (Å²) in [6, 6.07) is 7.41. The first-order chi connectivity index (χ1) is 10.2. The third kappa shape index (κ3) is 5.10. The van der Waals surface area contributed by atoms with Gasteiger partial charge in [0.1, 0.15) is 5.84 Å². The molecule has 4 N–H and O–H groups in total. The number of oxime groups is 1. The van der Waals surface area contributed by atoms with E-state index in [1.54, 1.807) is 0 Å². The number of anilines is 1. The van der Waals surface area contributed by atoms with Crippen molar-refractivity contribution < 1.29 is 10.0 Å². The second-order valence-electron chi connectivity index (χ2n) is 5.70. The molecule has 0 spiro atoms. The second-order valence-corrected chi connectivity index (χ2v) is 5.70. The van der Waals surface area contributed by atoms with Crippen LogP contribution in [0.25, 0.3) is 0 Å². The van der Waals surface area contributed by atoms with Gasteiger partial charge in [0.05, 0.1) is 0 Å². The predicted octanol–water partition coefficient (Wildman–Crippen LogP) is 2.88. The molecule has 1 saturated carbocycles. The SMILES string of the molecule is NC(Cc1ccc(NC(=O)CCC2CCCC2)cc1)=NO. The monoisotopic (exact) mass is 289 g/mol. The molecule has 0 atom stereocenters. The smallest absolute Gasteiger partial charge is 0.224 e. The van der Waals surface area contributed by atoms with Gasteiger partial charge in [0.25, 0.3) is 0 Å². The van der Waals surface area contributed by atoms with Crippen molar-refractivity contribution in [3.63, 3.8) is 0 Å². The van der Waals surface area contributed by atoms with Crippen LogP contribution in [0.4, 0.5) is 5.69 Å². The van der Waals surface area contributed by atoms with E-state index < -0.39 is 0 Å². The highest BCUT2D eigenvalue weighted by molar-refractivity contribution is 5.90. The molecule has 0 saturated heterocycles. The fourth-order valence-corrected chi connectivity index (χ4v) is 2.81. The maximum absolute atomic E-state index is 11.9. The van der Waals surface area contributed by atoms with E-state index in [0.717, 1.165) is 23.6 Å². The molecule has 1 aliphatic rings. The molecule has 1 aliphatic carbocycles. The van der Waals surface area contributed by atoms with Gasteiger partial charge in [-0.15, -0.1) is 0 Å². The minimum atomic E-state index is 0.0751. The number of nitrogens with one attached hydrogen (secondary N) is 1. The predicted molar refractivity (Wildman–Crippen MR) is 83.4 cm³/mol. The Kier molecular flexibility index (Phi) is 5.60. The summed E-state index contributed by atoms with van der Waals surface area (Å²) in [7, 11) is 0. The van der Waals surface area contributed by atoms with Gasteiger partial charge in [-0.05, 0) is 30.0 Å². The van der Waals surface area contributed by atoms with E-state index in [2.05, 4.69) is 10.5 Å². The average Bonchev–Trinajstić information content (AvgIpc) is 3.00. The number of nitrogens with zero attached hydrogens (tertiary/aromatic N) is 1. The zero-order valence-corrected chi connectivity index (χ0v) is 12.2. The van der Waals surface area contributed by atoms with E-state index in [1.807, 2.05) is 24.3 Å². The molecule has 1 aromatic carbocycles. The van der Waals surface area contributed by atoms with Crippen LogP contribution in [0.2, 0.25) is 0 Å². The zero-order valence-electron chi connectivity index (χ0n) is 12.2. The topological polar surface area (TPSA) is 87.7 Å². The van der Waals surface area contributed by atoms with Gasteiger partial charge in [-0.3, -0.25) is 4.79 Å². The molecule has 5 heteroatoms. The van der Waals surface area contributed by atoms with Crippen LogP contribution in [0, 0.1) is 5.92 Å². The summed E-state index contributed by atoms with van der Waals surface area (Å²) in [5.74, 6) is 0.980. The number of hydrogen-bond acceptors (Lipinski definition) is 3. The van der Waals surface area contributed by atoms with Crippen molar-refractivity contribution in [2.75, 3.05) is 5.32 Å². The van der Waals surface area contributed by atoms with Crippen LogP contribution in [0.5, 0.6) is 0 Å². The number of amidine groups is 1. The highest BCUT2D eigenvalue weighted by Gasteiger charge is 2.16. The molecule has 0 radical (unpaired) electrons. The summed E-state index contributed by atoms with van der Waals surface area (Å²) in [6.45, 7) is 0. The maximum atomic E-state index is 11.9. The Balaban J connectivity index is 1.77. The average molecular weight is 289 g/mol. The first-order valence-corrected chi connectivity index (χ1v) is 7.52. The Morgan fingerprint density at radius 1 is 1.29 bits per heavy atom. The third-order valence-corrected chi connectivity index (χ3v) is 4.01. The van der Waals surface area contributed by atoms with E-state index in [1.165, 1.54) is 25.7 Å². The van der Waals surface area contributed by atoms with Crippen LogP contribution in [-0.2, 0) is 11.2 Å². The third-order valence-electron chi connectivity index (χ3n) is 4.01. The number of rotatable bonds is 6. The number of amides is 1. The summed E-state index contributed by atoms with van der Waals surface area (Å²) in [4.78, 5) is 11.9. The first kappa shape index (κ1) is 15.4. The van der Waals surface area contributed by atoms with Crippen LogP contribution in [0.1, 0.15) is 44.1 Å². The lowest BCUT2D eigenvalue weighted by Gasteiger charge is -2.09.